The van der Waals surface area contributed by atoms with Crippen LogP contribution in [0.2, 0.25) is 10.0 Å². The first-order chi connectivity index (χ1) is 22.2. The predicted octanol–water partition coefficient (Wildman–Crippen LogP) is 8.14. The number of benzene rings is 2. The number of nitrogens with one attached hydrogen (secondary N) is 1. The Hall–Kier alpha value is -2.50. The quantitative estimate of drug-likeness (QED) is 0.127. The number of nitrogens with zero attached hydrogens (tertiary/aromatic N) is 2. The van der Waals surface area contributed by atoms with Gasteiger partial charge >= 0.3 is 0 Å². The van der Waals surface area contributed by atoms with Gasteiger partial charge in [0.15, 0.2) is 0 Å². The van der Waals surface area contributed by atoms with Gasteiger partial charge in [0.1, 0.15) is 17.3 Å². The van der Waals surface area contributed by atoms with E-state index in [2.05, 4.69) is 22.3 Å². The summed E-state index contributed by atoms with van der Waals surface area (Å²) in [5.74, 6) is 0.280. The van der Waals surface area contributed by atoms with Gasteiger partial charge in [-0.25, -0.2) is 4.39 Å². The normalized spacial score (nSPS) is 21.9. The Bertz CT molecular complexity index is 1560. The van der Waals surface area contributed by atoms with Crippen LogP contribution in [0.15, 0.2) is 40.9 Å². The highest BCUT2D eigenvalue weighted by Gasteiger charge is 2.46. The fourth-order valence-electron chi connectivity index (χ4n) is 6.90. The number of anilines is 1. The standard InChI is InChI=1S/C34H40Cl2FN3O5S/c1-2-3-4-5-6-10-30(46(42)43)38-34(41)21-13-14-28(27(37)16-21)40-18-22-15-23(40)17-29(22)44-19-24-32(39-45-33(24)20-11-12-20)31-25(35)8-7-9-26(31)36/h7-9,13-14,16,20,22-23,29-30H,2-6,10-12,15,17-19H2,1H3,(H,38,41)(H,42,43)/p-1/t22-,23-,29+,30?/m0/s1. The summed E-state index contributed by atoms with van der Waals surface area (Å²) in [6, 6.07) is 9.84. The third kappa shape index (κ3) is 7.31. The molecule has 0 radical (unpaired) electrons. The molecular formula is C34H39Cl2FN3O5S-. The highest BCUT2D eigenvalue weighted by atomic mass is 35.5. The Morgan fingerprint density at radius 2 is 1.93 bits per heavy atom. The van der Waals surface area contributed by atoms with Gasteiger partial charge in [0, 0.05) is 41.1 Å². The second-order valence-corrected chi connectivity index (χ2v) is 14.6. The van der Waals surface area contributed by atoms with Crippen LogP contribution in [0.25, 0.3) is 11.3 Å². The van der Waals surface area contributed by atoms with E-state index in [0.717, 1.165) is 62.7 Å². The summed E-state index contributed by atoms with van der Waals surface area (Å²) < 4.78 is 51.2. The Kier molecular flexibility index (Phi) is 10.7. The van der Waals surface area contributed by atoms with Crippen molar-refractivity contribution in [3.63, 3.8) is 0 Å². The van der Waals surface area contributed by atoms with Crippen LogP contribution in [0, 0.1) is 11.7 Å². The van der Waals surface area contributed by atoms with Gasteiger partial charge in [-0.15, -0.1) is 0 Å². The Morgan fingerprint density at radius 3 is 2.59 bits per heavy atom. The van der Waals surface area contributed by atoms with Crippen LogP contribution in [0.1, 0.15) is 98.7 Å². The highest BCUT2D eigenvalue weighted by Crippen LogP contribution is 2.47. The molecule has 3 aromatic rings. The number of halogens is 3. The average Bonchev–Trinajstić information content (AvgIpc) is 3.48. The summed E-state index contributed by atoms with van der Waals surface area (Å²) in [5.41, 5.74) is 2.69. The lowest BCUT2D eigenvalue weighted by Crippen LogP contribution is -2.39. The van der Waals surface area contributed by atoms with E-state index in [0.29, 0.717) is 58.9 Å². The minimum absolute atomic E-state index is 0.00208. The number of piperidine rings is 1. The Labute approximate surface area is 281 Å². The minimum Gasteiger partial charge on any atom is -0.771 e. The minimum atomic E-state index is -2.46. The van der Waals surface area contributed by atoms with Crippen molar-refractivity contribution in [2.24, 2.45) is 5.92 Å². The maximum Gasteiger partial charge on any atom is 0.252 e. The lowest BCUT2D eigenvalue weighted by Gasteiger charge is -2.33. The number of carbonyl (C=O) groups is 1. The van der Waals surface area contributed by atoms with E-state index in [1.54, 1.807) is 30.3 Å². The van der Waals surface area contributed by atoms with Gasteiger partial charge < -0.3 is 24.0 Å². The number of fused-ring (bicyclic) bond motifs is 2. The van der Waals surface area contributed by atoms with E-state index in [4.69, 9.17) is 32.5 Å². The Morgan fingerprint density at radius 1 is 1.17 bits per heavy atom. The molecule has 2 aliphatic carbocycles. The monoisotopic (exact) mass is 690 g/mol. The molecule has 3 fully saturated rings. The average molecular weight is 692 g/mol. The number of aromatic nitrogens is 1. The smallest absolute Gasteiger partial charge is 0.252 e. The SMILES string of the molecule is CCCCCCCC(NC(=O)c1ccc(N2C[C@@H]3C[C@H]2C[C@H]3OCc2c(-c3c(Cl)cccc3Cl)noc2C2CC2)c(F)c1)S(=O)[O-]. The molecule has 0 spiro atoms. The summed E-state index contributed by atoms with van der Waals surface area (Å²) in [4.78, 5) is 14.9. The predicted molar refractivity (Wildman–Crippen MR) is 176 cm³/mol. The van der Waals surface area contributed by atoms with Crippen LogP contribution in [0.3, 0.4) is 0 Å². The summed E-state index contributed by atoms with van der Waals surface area (Å²) in [6.45, 7) is 3.07. The molecule has 3 aliphatic rings. The molecule has 248 valence electrons. The molecular weight excluding hydrogens is 652 g/mol. The highest BCUT2D eigenvalue weighted by molar-refractivity contribution is 7.79. The van der Waals surface area contributed by atoms with E-state index >= 15 is 4.39 Å². The number of carbonyl (C=O) groups excluding carboxylic acids is 1. The molecule has 8 nitrogen and oxygen atoms in total. The van der Waals surface area contributed by atoms with E-state index in [9.17, 15) is 13.6 Å². The number of ether oxygens (including phenoxy) is 1. The van der Waals surface area contributed by atoms with Crippen molar-refractivity contribution < 1.29 is 27.2 Å². The zero-order valence-corrected chi connectivity index (χ0v) is 28.1. The van der Waals surface area contributed by atoms with Crippen LogP contribution < -0.4 is 10.2 Å². The number of hydrogen-bond donors (Lipinski definition) is 1. The van der Waals surface area contributed by atoms with Gasteiger partial charge in [-0.05, 0) is 73.5 Å². The maximum atomic E-state index is 15.4. The molecule has 2 bridgehead atoms. The number of amides is 1. The number of hydrogen-bond acceptors (Lipinski definition) is 7. The van der Waals surface area contributed by atoms with Gasteiger partial charge in [-0.1, -0.05) is 73.5 Å². The number of rotatable bonds is 15. The molecule has 2 aromatic carbocycles. The van der Waals surface area contributed by atoms with Crippen molar-refractivity contribution in [1.29, 1.82) is 0 Å². The maximum absolute atomic E-state index is 15.4. The molecule has 12 heteroatoms. The van der Waals surface area contributed by atoms with Crippen LogP contribution in [0.4, 0.5) is 10.1 Å². The number of unbranched alkanes of at least 4 members (excludes halogenated alkanes) is 4. The zero-order valence-electron chi connectivity index (χ0n) is 25.8. The Balaban J connectivity index is 1.07. The van der Waals surface area contributed by atoms with Gasteiger partial charge in [0.25, 0.3) is 5.91 Å². The van der Waals surface area contributed by atoms with Crippen molar-refractivity contribution in [2.75, 3.05) is 11.4 Å². The molecule has 2 heterocycles. The molecule has 1 aliphatic heterocycles. The van der Waals surface area contributed by atoms with Crippen LogP contribution in [-0.2, 0) is 22.4 Å². The first-order valence-corrected chi connectivity index (χ1v) is 18.1. The molecule has 2 saturated carbocycles. The van der Waals surface area contributed by atoms with Gasteiger partial charge in [-0.3, -0.25) is 9.00 Å². The summed E-state index contributed by atoms with van der Waals surface area (Å²) >= 11 is 10.6. The van der Waals surface area contributed by atoms with Gasteiger partial charge in [0.05, 0.1) is 33.8 Å². The van der Waals surface area contributed by atoms with Crippen molar-refractivity contribution in [3.05, 3.63) is 69.1 Å². The van der Waals surface area contributed by atoms with E-state index in [1.807, 2.05) is 0 Å². The molecule has 5 atom stereocenters. The largest absolute Gasteiger partial charge is 0.771 e. The summed E-state index contributed by atoms with van der Waals surface area (Å²) in [5, 5.41) is 6.92. The second-order valence-electron chi connectivity index (χ2n) is 12.7. The van der Waals surface area contributed by atoms with Crippen molar-refractivity contribution in [3.8, 4) is 11.3 Å². The van der Waals surface area contributed by atoms with Gasteiger partial charge in [-0.2, -0.15) is 0 Å². The first-order valence-electron chi connectivity index (χ1n) is 16.2. The fourth-order valence-corrected chi connectivity index (χ4v) is 8.04. The zero-order chi connectivity index (χ0) is 32.4. The third-order valence-electron chi connectivity index (χ3n) is 9.50. The third-order valence-corrected chi connectivity index (χ3v) is 10.9. The lowest BCUT2D eigenvalue weighted by molar-refractivity contribution is 0.0122. The topological polar surface area (TPSA) is 108 Å². The van der Waals surface area contributed by atoms with Crippen molar-refractivity contribution in [1.82, 2.24) is 10.5 Å². The van der Waals surface area contributed by atoms with Crippen LogP contribution >= 0.6 is 23.2 Å². The van der Waals surface area contributed by atoms with E-state index in [-0.39, 0.29) is 23.6 Å². The van der Waals surface area contributed by atoms with Crippen molar-refractivity contribution in [2.45, 2.75) is 101 Å². The van der Waals surface area contributed by atoms with E-state index < -0.39 is 28.2 Å². The molecule has 1 amide bonds. The summed E-state index contributed by atoms with van der Waals surface area (Å²) in [6.07, 6.45) is 8.88. The molecule has 46 heavy (non-hydrogen) atoms. The lowest BCUT2D eigenvalue weighted by atomic mass is 10.0. The molecule has 1 N–H and O–H groups in total. The molecule has 1 saturated heterocycles. The fraction of sp³-hybridized carbons (Fsp3) is 0.529. The molecule has 6 rings (SSSR count). The van der Waals surface area contributed by atoms with Crippen LogP contribution in [0.5, 0.6) is 0 Å². The molecule has 1 aromatic heterocycles. The second kappa shape index (κ2) is 14.7. The van der Waals surface area contributed by atoms with Crippen LogP contribution in [-0.4, -0.2) is 43.9 Å². The van der Waals surface area contributed by atoms with E-state index in [1.165, 1.54) is 6.07 Å². The molecule has 2 unspecified atom stereocenters. The summed E-state index contributed by atoms with van der Waals surface area (Å²) in [7, 11) is 0. The van der Waals surface area contributed by atoms with Crippen molar-refractivity contribution >= 4 is 45.9 Å². The van der Waals surface area contributed by atoms with Gasteiger partial charge in [0.2, 0.25) is 0 Å². The first kappa shape index (κ1) is 33.4.